The van der Waals surface area contributed by atoms with Gasteiger partial charge in [0.05, 0.1) is 7.11 Å². The van der Waals surface area contributed by atoms with Gasteiger partial charge in [0, 0.05) is 31.2 Å². The summed E-state index contributed by atoms with van der Waals surface area (Å²) in [7, 11) is 3.29. The Kier molecular flexibility index (Phi) is 3.91. The smallest absolute Gasteiger partial charge is 0.328 e. The van der Waals surface area contributed by atoms with Crippen LogP contribution in [0.1, 0.15) is 6.92 Å². The van der Waals surface area contributed by atoms with Gasteiger partial charge in [0.25, 0.3) is 5.91 Å². The number of hydrogen-bond donors (Lipinski definition) is 0. The average Bonchev–Trinajstić information content (AvgIpc) is 3.18. The third-order valence-corrected chi connectivity index (χ3v) is 5.03. The molecule has 8 heteroatoms. The topological polar surface area (TPSA) is 68.7 Å². The van der Waals surface area contributed by atoms with Crippen LogP contribution in [0.4, 0.5) is 10.5 Å². The average molecular weight is 367 g/mol. The summed E-state index contributed by atoms with van der Waals surface area (Å²) in [6, 6.07) is 6.70. The number of likely N-dealkylation sites (N-methyl/N-ethyl adjacent to an activating group) is 1. The van der Waals surface area contributed by atoms with E-state index in [0.29, 0.717) is 5.96 Å². The van der Waals surface area contributed by atoms with Gasteiger partial charge in [-0.25, -0.2) is 9.79 Å². The Morgan fingerprint density at radius 3 is 2.59 bits per heavy atom. The molecular weight excluding hydrogens is 346 g/mol. The van der Waals surface area contributed by atoms with Crippen LogP contribution < -0.4 is 9.64 Å². The molecule has 2 unspecified atom stereocenters. The minimum absolute atomic E-state index is 0.180. The molecule has 3 amide bonds. The largest absolute Gasteiger partial charge is 0.497 e. The molecule has 0 aliphatic carbocycles. The number of rotatable bonds is 4. The molecule has 0 saturated carbocycles. The maximum atomic E-state index is 13.0. The van der Waals surface area contributed by atoms with E-state index < -0.39 is 12.2 Å². The van der Waals surface area contributed by atoms with Gasteiger partial charge in [0.15, 0.2) is 12.2 Å². The van der Waals surface area contributed by atoms with Crippen LogP contribution in [0.2, 0.25) is 0 Å². The first-order valence-electron chi connectivity index (χ1n) is 8.65. The van der Waals surface area contributed by atoms with Gasteiger partial charge in [-0.05, 0) is 31.2 Å². The van der Waals surface area contributed by atoms with Crippen molar-refractivity contribution >= 4 is 23.6 Å². The number of hydrogen-bond acceptors (Lipinski definition) is 6. The molecule has 4 rings (SSSR count). The minimum Gasteiger partial charge on any atom is -0.497 e. The molecule has 27 heavy (non-hydrogen) atoms. The second-order valence-electron chi connectivity index (χ2n) is 6.63. The van der Waals surface area contributed by atoms with Crippen LogP contribution in [0.3, 0.4) is 0 Å². The first-order chi connectivity index (χ1) is 13.0. The summed E-state index contributed by atoms with van der Waals surface area (Å²) in [4.78, 5) is 36.8. The number of fused-ring (bicyclic) bond motifs is 3. The molecule has 1 fully saturated rings. The van der Waals surface area contributed by atoms with Crippen LogP contribution in [0.25, 0.3) is 0 Å². The maximum Gasteiger partial charge on any atom is 0.328 e. The fourth-order valence-corrected chi connectivity index (χ4v) is 3.70. The van der Waals surface area contributed by atoms with Crippen molar-refractivity contribution in [1.82, 2.24) is 14.7 Å². The Morgan fingerprint density at radius 2 is 1.96 bits per heavy atom. The summed E-state index contributed by atoms with van der Waals surface area (Å²) >= 11 is 0. The number of urea groups is 1. The number of aliphatic imine (C=N–C) groups is 1. The van der Waals surface area contributed by atoms with Gasteiger partial charge in [0.1, 0.15) is 5.75 Å². The summed E-state index contributed by atoms with van der Waals surface area (Å²) in [5, 5.41) is 0. The Balaban J connectivity index is 1.71. The molecular formula is C19H21N5O3. The highest BCUT2D eigenvalue weighted by Gasteiger charge is 2.54. The number of allylic oxidation sites excluding steroid dienone is 1. The molecule has 0 aromatic heterocycles. The molecule has 140 valence electrons. The lowest BCUT2D eigenvalue weighted by atomic mass is 10.1. The second-order valence-corrected chi connectivity index (χ2v) is 6.63. The van der Waals surface area contributed by atoms with Gasteiger partial charge in [-0.2, -0.15) is 0 Å². The Labute approximate surface area is 157 Å². The third-order valence-electron chi connectivity index (χ3n) is 5.03. The van der Waals surface area contributed by atoms with Crippen molar-refractivity contribution in [1.29, 1.82) is 0 Å². The number of carbonyl (C=O) groups excluding carboxylic acids is 2. The zero-order valence-electron chi connectivity index (χ0n) is 15.5. The van der Waals surface area contributed by atoms with Crippen LogP contribution in [0.15, 0.2) is 53.8 Å². The van der Waals surface area contributed by atoms with Gasteiger partial charge in [-0.3, -0.25) is 14.6 Å². The van der Waals surface area contributed by atoms with E-state index in [4.69, 9.17) is 9.73 Å². The number of guanidine groups is 1. The zero-order valence-corrected chi connectivity index (χ0v) is 15.5. The predicted octanol–water partition coefficient (Wildman–Crippen LogP) is 1.82. The van der Waals surface area contributed by atoms with Crippen LogP contribution in [-0.4, -0.2) is 65.5 Å². The fourth-order valence-electron chi connectivity index (χ4n) is 3.70. The lowest BCUT2D eigenvalue weighted by Gasteiger charge is -2.39. The van der Waals surface area contributed by atoms with E-state index in [2.05, 4.69) is 6.58 Å². The van der Waals surface area contributed by atoms with E-state index in [1.807, 2.05) is 47.2 Å². The van der Waals surface area contributed by atoms with E-state index in [9.17, 15) is 9.59 Å². The van der Waals surface area contributed by atoms with Crippen LogP contribution in [0.5, 0.6) is 5.75 Å². The quantitative estimate of drug-likeness (QED) is 0.760. The third kappa shape index (κ3) is 2.40. The monoisotopic (exact) mass is 367 g/mol. The van der Waals surface area contributed by atoms with Crippen LogP contribution in [-0.2, 0) is 4.79 Å². The van der Waals surface area contributed by atoms with Crippen molar-refractivity contribution in [2.75, 3.05) is 25.6 Å². The van der Waals surface area contributed by atoms with Crippen molar-refractivity contribution in [3.8, 4) is 5.75 Å². The molecule has 3 aliphatic heterocycles. The molecule has 1 aromatic carbocycles. The SMILES string of the molecule is C=CCN1C(=O)C2C(N=C3N(c4ccc(OC)cc4)C(C)=CN32)N(C)C1=O. The fraction of sp³-hybridized carbons (Fsp3) is 0.316. The van der Waals surface area contributed by atoms with Gasteiger partial charge in [-0.15, -0.1) is 6.58 Å². The van der Waals surface area contributed by atoms with Crippen molar-refractivity contribution in [3.63, 3.8) is 0 Å². The summed E-state index contributed by atoms with van der Waals surface area (Å²) in [5.41, 5.74) is 1.86. The molecule has 0 bridgehead atoms. The number of anilines is 1. The highest BCUT2D eigenvalue weighted by molar-refractivity contribution is 6.09. The molecule has 1 aromatic rings. The van der Waals surface area contributed by atoms with Crippen LogP contribution in [0, 0.1) is 0 Å². The number of ether oxygens (including phenoxy) is 1. The van der Waals surface area contributed by atoms with Gasteiger partial charge in [-0.1, -0.05) is 6.08 Å². The van der Waals surface area contributed by atoms with Crippen molar-refractivity contribution in [3.05, 3.63) is 48.8 Å². The number of amides is 3. The van der Waals surface area contributed by atoms with Crippen molar-refractivity contribution < 1.29 is 14.3 Å². The zero-order chi connectivity index (χ0) is 19.3. The Morgan fingerprint density at radius 1 is 1.26 bits per heavy atom. The van der Waals surface area contributed by atoms with E-state index >= 15 is 0 Å². The molecule has 0 N–H and O–H groups in total. The van der Waals surface area contributed by atoms with E-state index in [0.717, 1.165) is 17.1 Å². The highest BCUT2D eigenvalue weighted by atomic mass is 16.5. The number of carbonyl (C=O) groups is 2. The number of nitrogens with zero attached hydrogens (tertiary/aromatic N) is 5. The Bertz CT molecular complexity index is 876. The standard InChI is InChI=1S/C19H21N5O3/c1-5-10-22-17(25)15-16(21(3)19(22)26)20-18-23(15)11-12(2)24(18)13-6-8-14(27-4)9-7-13/h5-9,11,15-16H,1,10H2,2-4H3. The lowest BCUT2D eigenvalue weighted by molar-refractivity contribution is -0.136. The minimum atomic E-state index is -0.569. The molecule has 3 aliphatic rings. The van der Waals surface area contributed by atoms with Crippen molar-refractivity contribution in [2.45, 2.75) is 19.1 Å². The number of benzene rings is 1. The maximum absolute atomic E-state index is 13.0. The van der Waals surface area contributed by atoms with Gasteiger partial charge < -0.3 is 14.5 Å². The summed E-state index contributed by atoms with van der Waals surface area (Å²) in [6.45, 7) is 5.78. The van der Waals surface area contributed by atoms with E-state index in [-0.39, 0.29) is 18.5 Å². The first kappa shape index (κ1) is 17.1. The predicted molar refractivity (Wildman–Crippen MR) is 101 cm³/mol. The second kappa shape index (κ2) is 6.15. The number of methoxy groups -OCH3 is 1. The summed E-state index contributed by atoms with van der Waals surface area (Å²) in [6.07, 6.45) is 2.91. The van der Waals surface area contributed by atoms with E-state index in [1.165, 1.54) is 9.80 Å². The Hall–Kier alpha value is -3.29. The molecule has 8 nitrogen and oxygen atoms in total. The van der Waals surface area contributed by atoms with Gasteiger partial charge >= 0.3 is 6.03 Å². The molecule has 0 radical (unpaired) electrons. The summed E-state index contributed by atoms with van der Waals surface area (Å²) in [5.74, 6) is 1.14. The normalized spacial score (nSPS) is 24.0. The lowest BCUT2D eigenvalue weighted by Crippen LogP contribution is -2.64. The first-order valence-corrected chi connectivity index (χ1v) is 8.65. The number of imide groups is 1. The van der Waals surface area contributed by atoms with Gasteiger partial charge in [0.2, 0.25) is 5.96 Å². The van der Waals surface area contributed by atoms with E-state index in [1.54, 1.807) is 20.2 Å². The van der Waals surface area contributed by atoms with Crippen LogP contribution >= 0.6 is 0 Å². The molecule has 1 saturated heterocycles. The summed E-state index contributed by atoms with van der Waals surface area (Å²) < 4.78 is 5.22. The highest BCUT2D eigenvalue weighted by Crippen LogP contribution is 2.36. The molecule has 3 heterocycles. The van der Waals surface area contributed by atoms with Crippen molar-refractivity contribution in [2.24, 2.45) is 4.99 Å². The molecule has 2 atom stereocenters. The molecule has 0 spiro atoms.